The summed E-state index contributed by atoms with van der Waals surface area (Å²) >= 11 is 0. The number of unbranched alkanes of at least 4 members (excludes halogenated alkanes) is 2. The minimum Gasteiger partial charge on any atom is -0.486 e. The molecule has 0 aliphatic heterocycles. The van der Waals surface area contributed by atoms with E-state index in [1.807, 2.05) is 43.3 Å². The van der Waals surface area contributed by atoms with E-state index in [4.69, 9.17) is 4.74 Å². The van der Waals surface area contributed by atoms with Gasteiger partial charge in [-0.3, -0.25) is 0 Å². The Hall–Kier alpha value is -2.75. The highest BCUT2D eigenvalue weighted by Gasteiger charge is 2.14. The predicted molar refractivity (Wildman–Crippen MR) is 120 cm³/mol. The Balaban J connectivity index is 1.65. The van der Waals surface area contributed by atoms with Gasteiger partial charge in [-0.1, -0.05) is 75.6 Å². The van der Waals surface area contributed by atoms with Crippen LogP contribution >= 0.6 is 0 Å². The minimum atomic E-state index is -0.955. The van der Waals surface area contributed by atoms with Crippen LogP contribution in [0.3, 0.4) is 0 Å². The SMILES string of the molecule is CCCCCc1ccc(-c2ccc(COc3ccc(CCC)c(F)c3F)cc2)c(F)c1. The second kappa shape index (κ2) is 11.0. The van der Waals surface area contributed by atoms with E-state index in [0.717, 1.165) is 48.8 Å². The lowest BCUT2D eigenvalue weighted by Gasteiger charge is -2.11. The van der Waals surface area contributed by atoms with Crippen molar-refractivity contribution in [2.24, 2.45) is 0 Å². The third-order valence-corrected chi connectivity index (χ3v) is 5.41. The average molecular weight is 427 g/mol. The maximum absolute atomic E-state index is 14.6. The van der Waals surface area contributed by atoms with Crippen LogP contribution in [0.25, 0.3) is 11.1 Å². The van der Waals surface area contributed by atoms with Crippen LogP contribution in [0.1, 0.15) is 56.2 Å². The van der Waals surface area contributed by atoms with E-state index in [9.17, 15) is 13.2 Å². The van der Waals surface area contributed by atoms with Crippen LogP contribution < -0.4 is 4.74 Å². The standard InChI is InChI=1S/C27H29F3O/c1-3-5-6-8-19-11-15-23(24(28)17-19)21-12-9-20(10-13-21)18-31-25-16-14-22(7-4-2)26(29)27(25)30/h9-17H,3-8,18H2,1-2H3. The van der Waals surface area contributed by atoms with Gasteiger partial charge in [0.1, 0.15) is 12.4 Å². The first-order valence-corrected chi connectivity index (χ1v) is 11.0. The molecule has 0 unspecified atom stereocenters. The molecule has 0 radical (unpaired) electrons. The summed E-state index contributed by atoms with van der Waals surface area (Å²) in [5, 5.41) is 0. The van der Waals surface area contributed by atoms with Crippen molar-refractivity contribution >= 4 is 0 Å². The number of hydrogen-bond acceptors (Lipinski definition) is 1. The van der Waals surface area contributed by atoms with Crippen LogP contribution in [0.15, 0.2) is 54.6 Å². The van der Waals surface area contributed by atoms with Crippen molar-refractivity contribution in [3.05, 3.63) is 88.7 Å². The molecule has 0 bridgehead atoms. The number of hydrogen-bond donors (Lipinski definition) is 0. The molecule has 164 valence electrons. The lowest BCUT2D eigenvalue weighted by atomic mass is 10.00. The molecule has 0 heterocycles. The topological polar surface area (TPSA) is 9.23 Å². The number of halogens is 3. The maximum atomic E-state index is 14.6. The summed E-state index contributed by atoms with van der Waals surface area (Å²) in [4.78, 5) is 0. The first-order valence-electron chi connectivity index (χ1n) is 11.0. The van der Waals surface area contributed by atoms with Gasteiger partial charge >= 0.3 is 0 Å². The van der Waals surface area contributed by atoms with Crippen LogP contribution in [0.5, 0.6) is 5.75 Å². The Kier molecular flexibility index (Phi) is 8.16. The van der Waals surface area contributed by atoms with Gasteiger partial charge in [-0.25, -0.2) is 8.78 Å². The zero-order chi connectivity index (χ0) is 22.2. The van der Waals surface area contributed by atoms with E-state index in [-0.39, 0.29) is 18.2 Å². The monoisotopic (exact) mass is 426 g/mol. The van der Waals surface area contributed by atoms with Crippen molar-refractivity contribution in [1.82, 2.24) is 0 Å². The summed E-state index contributed by atoms with van der Waals surface area (Å²) in [6.07, 6.45) is 5.47. The van der Waals surface area contributed by atoms with Crippen molar-refractivity contribution < 1.29 is 17.9 Å². The Morgan fingerprint density at radius 2 is 1.45 bits per heavy atom. The fourth-order valence-corrected chi connectivity index (χ4v) is 3.61. The van der Waals surface area contributed by atoms with Crippen LogP contribution in [-0.2, 0) is 19.4 Å². The molecule has 0 aliphatic carbocycles. The number of aryl methyl sites for hydroxylation is 2. The fraction of sp³-hybridized carbons (Fsp3) is 0.333. The predicted octanol–water partition coefficient (Wildman–Crippen LogP) is 8.04. The van der Waals surface area contributed by atoms with E-state index in [0.29, 0.717) is 17.5 Å². The van der Waals surface area contributed by atoms with Gasteiger partial charge in [-0.05, 0) is 53.6 Å². The lowest BCUT2D eigenvalue weighted by molar-refractivity contribution is 0.284. The van der Waals surface area contributed by atoms with Crippen molar-refractivity contribution in [1.29, 1.82) is 0 Å². The van der Waals surface area contributed by atoms with Gasteiger partial charge in [-0.15, -0.1) is 0 Å². The molecule has 0 N–H and O–H groups in total. The molecule has 0 saturated heterocycles. The number of rotatable bonds is 10. The van der Waals surface area contributed by atoms with Crippen LogP contribution in [0.2, 0.25) is 0 Å². The summed E-state index contributed by atoms with van der Waals surface area (Å²) in [6, 6.07) is 15.7. The lowest BCUT2D eigenvalue weighted by Crippen LogP contribution is -2.01. The second-order valence-corrected chi connectivity index (χ2v) is 7.86. The minimum absolute atomic E-state index is 0.0998. The molecule has 0 aromatic heterocycles. The Labute approximate surface area is 182 Å². The zero-order valence-electron chi connectivity index (χ0n) is 18.2. The molecule has 0 aliphatic rings. The molecular weight excluding hydrogens is 397 g/mol. The molecule has 0 spiro atoms. The third-order valence-electron chi connectivity index (χ3n) is 5.41. The third kappa shape index (κ3) is 5.90. The molecule has 0 fully saturated rings. The molecule has 4 heteroatoms. The molecule has 3 aromatic carbocycles. The van der Waals surface area contributed by atoms with E-state index < -0.39 is 11.6 Å². The van der Waals surface area contributed by atoms with Crippen molar-refractivity contribution in [2.45, 2.75) is 59.0 Å². The summed E-state index contributed by atoms with van der Waals surface area (Å²) in [6.45, 7) is 4.16. The van der Waals surface area contributed by atoms with Crippen LogP contribution in [0, 0.1) is 17.5 Å². The molecule has 31 heavy (non-hydrogen) atoms. The van der Waals surface area contributed by atoms with Gasteiger partial charge in [0.2, 0.25) is 5.82 Å². The molecular formula is C27H29F3O. The second-order valence-electron chi connectivity index (χ2n) is 7.86. The fourth-order valence-electron chi connectivity index (χ4n) is 3.61. The highest BCUT2D eigenvalue weighted by molar-refractivity contribution is 5.64. The summed E-state index contributed by atoms with van der Waals surface area (Å²) in [7, 11) is 0. The van der Waals surface area contributed by atoms with Crippen molar-refractivity contribution in [3.8, 4) is 16.9 Å². The van der Waals surface area contributed by atoms with Gasteiger partial charge in [0.15, 0.2) is 11.6 Å². The maximum Gasteiger partial charge on any atom is 0.200 e. The van der Waals surface area contributed by atoms with Gasteiger partial charge in [-0.2, -0.15) is 4.39 Å². The van der Waals surface area contributed by atoms with Crippen molar-refractivity contribution in [2.75, 3.05) is 0 Å². The normalized spacial score (nSPS) is 11.0. The van der Waals surface area contributed by atoms with E-state index in [2.05, 4.69) is 6.92 Å². The van der Waals surface area contributed by atoms with Gasteiger partial charge < -0.3 is 4.74 Å². The quantitative estimate of drug-likeness (QED) is 0.298. The molecule has 3 rings (SSSR count). The zero-order valence-corrected chi connectivity index (χ0v) is 18.2. The molecule has 0 amide bonds. The number of ether oxygens (including phenoxy) is 1. The van der Waals surface area contributed by atoms with Crippen molar-refractivity contribution in [3.63, 3.8) is 0 Å². The number of benzene rings is 3. The average Bonchev–Trinajstić information content (AvgIpc) is 2.77. The first-order chi connectivity index (χ1) is 15.0. The van der Waals surface area contributed by atoms with E-state index in [1.54, 1.807) is 12.1 Å². The van der Waals surface area contributed by atoms with E-state index >= 15 is 0 Å². The largest absolute Gasteiger partial charge is 0.486 e. The molecule has 0 saturated carbocycles. The van der Waals surface area contributed by atoms with Gasteiger partial charge in [0, 0.05) is 5.56 Å². The Morgan fingerprint density at radius 3 is 2.13 bits per heavy atom. The smallest absolute Gasteiger partial charge is 0.200 e. The Bertz CT molecular complexity index is 996. The summed E-state index contributed by atoms with van der Waals surface area (Å²) < 4.78 is 48.3. The molecule has 0 atom stereocenters. The highest BCUT2D eigenvalue weighted by Crippen LogP contribution is 2.27. The van der Waals surface area contributed by atoms with Gasteiger partial charge in [0.05, 0.1) is 0 Å². The summed E-state index contributed by atoms with van der Waals surface area (Å²) in [5.41, 5.74) is 3.47. The first kappa shape index (κ1) is 22.9. The summed E-state index contributed by atoms with van der Waals surface area (Å²) in [5.74, 6) is -2.14. The van der Waals surface area contributed by atoms with Gasteiger partial charge in [0.25, 0.3) is 0 Å². The van der Waals surface area contributed by atoms with Crippen LogP contribution in [-0.4, -0.2) is 0 Å². The van der Waals surface area contributed by atoms with E-state index in [1.165, 1.54) is 6.07 Å². The Morgan fingerprint density at radius 1 is 0.710 bits per heavy atom. The van der Waals surface area contributed by atoms with Crippen LogP contribution in [0.4, 0.5) is 13.2 Å². The highest BCUT2D eigenvalue weighted by atomic mass is 19.2. The molecule has 1 nitrogen and oxygen atoms in total. The molecule has 3 aromatic rings.